The average Bonchev–Trinajstić information content (AvgIpc) is 3.50. The summed E-state index contributed by atoms with van der Waals surface area (Å²) in [6.07, 6.45) is 6.40. The van der Waals surface area contributed by atoms with Gasteiger partial charge in [-0.15, -0.1) is 0 Å². The van der Waals surface area contributed by atoms with Crippen LogP contribution in [0.5, 0.6) is 0 Å². The van der Waals surface area contributed by atoms with Gasteiger partial charge in [0.15, 0.2) is 0 Å². The Bertz CT molecular complexity index is 1170. The van der Waals surface area contributed by atoms with Crippen LogP contribution in [0.15, 0.2) is 42.7 Å². The van der Waals surface area contributed by atoms with E-state index in [0.29, 0.717) is 29.3 Å². The molecule has 1 aliphatic carbocycles. The number of anilines is 2. The van der Waals surface area contributed by atoms with Gasteiger partial charge >= 0.3 is 0 Å². The van der Waals surface area contributed by atoms with Crippen molar-refractivity contribution < 1.29 is 4.79 Å². The topological polar surface area (TPSA) is 75.9 Å². The normalized spacial score (nSPS) is 22.6. The zero-order valence-corrected chi connectivity index (χ0v) is 20.5. The average molecular weight is 459 g/mol. The van der Waals surface area contributed by atoms with Gasteiger partial charge in [-0.1, -0.05) is 26.8 Å². The highest BCUT2D eigenvalue weighted by molar-refractivity contribution is 6.02. The molecule has 0 spiro atoms. The van der Waals surface area contributed by atoms with Gasteiger partial charge in [-0.25, -0.2) is 9.97 Å². The predicted molar refractivity (Wildman–Crippen MR) is 135 cm³/mol. The van der Waals surface area contributed by atoms with E-state index in [-0.39, 0.29) is 5.91 Å². The fourth-order valence-electron chi connectivity index (χ4n) is 4.83. The maximum atomic E-state index is 13.1. The Morgan fingerprint density at radius 3 is 2.59 bits per heavy atom. The minimum Gasteiger partial charge on any atom is -0.371 e. The molecule has 5 rings (SSSR count). The van der Waals surface area contributed by atoms with Gasteiger partial charge in [-0.05, 0) is 61.6 Å². The van der Waals surface area contributed by atoms with Crippen molar-refractivity contribution in [3.63, 3.8) is 0 Å². The molecule has 1 N–H and O–H groups in total. The molecule has 3 aromatic heterocycles. The van der Waals surface area contributed by atoms with Crippen LogP contribution in [0.4, 0.5) is 11.5 Å². The highest BCUT2D eigenvalue weighted by atomic mass is 16.1. The number of aromatic nitrogens is 4. The molecular formula is C27H34N6O. The summed E-state index contributed by atoms with van der Waals surface area (Å²) < 4.78 is 1.97. The zero-order valence-electron chi connectivity index (χ0n) is 20.5. The number of carbonyl (C=O) groups excluding carboxylic acids is 1. The summed E-state index contributed by atoms with van der Waals surface area (Å²) >= 11 is 0. The molecule has 7 nitrogen and oxygen atoms in total. The third-order valence-electron chi connectivity index (χ3n) is 7.41. The molecule has 3 aromatic rings. The lowest BCUT2D eigenvalue weighted by molar-refractivity contribution is 0.102. The van der Waals surface area contributed by atoms with Gasteiger partial charge in [-0.2, -0.15) is 5.10 Å². The first kappa shape index (κ1) is 22.6. The molecular weight excluding hydrogens is 424 g/mol. The van der Waals surface area contributed by atoms with E-state index in [9.17, 15) is 4.79 Å². The van der Waals surface area contributed by atoms with Gasteiger partial charge in [0, 0.05) is 48.8 Å². The monoisotopic (exact) mass is 458 g/mol. The molecule has 2 aliphatic rings. The Balaban J connectivity index is 1.31. The largest absolute Gasteiger partial charge is 0.371 e. The van der Waals surface area contributed by atoms with E-state index >= 15 is 0 Å². The second-order valence-corrected chi connectivity index (χ2v) is 10.3. The van der Waals surface area contributed by atoms with Gasteiger partial charge in [0.05, 0.1) is 11.9 Å². The zero-order chi connectivity index (χ0) is 23.8. The Morgan fingerprint density at radius 2 is 1.85 bits per heavy atom. The van der Waals surface area contributed by atoms with Crippen LogP contribution in [0, 0.1) is 30.6 Å². The van der Waals surface area contributed by atoms with Crippen LogP contribution in [0.3, 0.4) is 0 Å². The summed E-state index contributed by atoms with van der Waals surface area (Å²) in [5.74, 6) is 3.00. The summed E-state index contributed by atoms with van der Waals surface area (Å²) in [6.45, 7) is 11.9. The summed E-state index contributed by atoms with van der Waals surface area (Å²) in [4.78, 5) is 24.6. The number of nitrogens with one attached hydrogen (secondary N) is 1. The first-order valence-corrected chi connectivity index (χ1v) is 12.4. The summed E-state index contributed by atoms with van der Waals surface area (Å²) in [6, 6.07) is 9.59. The third kappa shape index (κ3) is 4.98. The fraction of sp³-hybridized carbons (Fsp3) is 0.481. The molecule has 2 unspecified atom stereocenters. The minimum atomic E-state index is -0.259. The predicted octanol–water partition coefficient (Wildman–Crippen LogP) is 5.04. The highest BCUT2D eigenvalue weighted by Gasteiger charge is 2.29. The highest BCUT2D eigenvalue weighted by Crippen LogP contribution is 2.32. The van der Waals surface area contributed by atoms with Crippen LogP contribution in [0.1, 0.15) is 49.8 Å². The number of rotatable bonds is 6. The molecule has 1 saturated carbocycles. The van der Waals surface area contributed by atoms with Crippen molar-refractivity contribution in [2.45, 2.75) is 47.1 Å². The number of aryl methyl sites for hydroxylation is 1. The Labute approximate surface area is 201 Å². The van der Waals surface area contributed by atoms with E-state index in [1.54, 1.807) is 6.07 Å². The van der Waals surface area contributed by atoms with Gasteiger partial charge in [0.2, 0.25) is 0 Å². The second kappa shape index (κ2) is 9.20. The SMILES string of the molecule is Cc1cc(N2CC(C)C(C)C(C)C2)cc(NC(=O)c2cccc(-c3cnn(CC4CC4)c3)n2)n1. The first-order chi connectivity index (χ1) is 16.4. The van der Waals surface area contributed by atoms with E-state index < -0.39 is 0 Å². The van der Waals surface area contributed by atoms with Crippen molar-refractivity contribution in [3.05, 3.63) is 54.1 Å². The second-order valence-electron chi connectivity index (χ2n) is 10.3. The van der Waals surface area contributed by atoms with Crippen molar-refractivity contribution in [1.29, 1.82) is 0 Å². The summed E-state index contributed by atoms with van der Waals surface area (Å²) in [5, 5.41) is 7.42. The molecule has 4 heterocycles. The molecule has 2 atom stereocenters. The van der Waals surface area contributed by atoms with Crippen molar-refractivity contribution in [2.75, 3.05) is 23.3 Å². The lowest BCUT2D eigenvalue weighted by atomic mass is 9.81. The van der Waals surface area contributed by atoms with E-state index in [4.69, 9.17) is 0 Å². The van der Waals surface area contributed by atoms with E-state index in [1.807, 2.05) is 42.2 Å². The van der Waals surface area contributed by atoms with Crippen molar-refractivity contribution in [2.24, 2.45) is 23.7 Å². The van der Waals surface area contributed by atoms with Gasteiger partial charge in [-0.3, -0.25) is 9.48 Å². The number of hydrogen-bond acceptors (Lipinski definition) is 5. The van der Waals surface area contributed by atoms with E-state index in [1.165, 1.54) is 12.8 Å². The molecule has 0 radical (unpaired) electrons. The van der Waals surface area contributed by atoms with Crippen LogP contribution in [0.25, 0.3) is 11.3 Å². The number of carbonyl (C=O) groups is 1. The van der Waals surface area contributed by atoms with Gasteiger partial charge in [0.1, 0.15) is 11.5 Å². The molecule has 2 fully saturated rings. The van der Waals surface area contributed by atoms with Crippen LogP contribution >= 0.6 is 0 Å². The van der Waals surface area contributed by atoms with Crippen molar-refractivity contribution >= 4 is 17.4 Å². The van der Waals surface area contributed by atoms with Crippen LogP contribution in [-0.2, 0) is 6.54 Å². The Kier molecular flexibility index (Phi) is 6.11. The van der Waals surface area contributed by atoms with Crippen LogP contribution < -0.4 is 10.2 Å². The number of nitrogens with zero attached hydrogens (tertiary/aromatic N) is 5. The number of piperidine rings is 1. The molecule has 0 bridgehead atoms. The van der Waals surface area contributed by atoms with E-state index in [2.05, 4.69) is 52.1 Å². The van der Waals surface area contributed by atoms with Gasteiger partial charge < -0.3 is 10.2 Å². The number of hydrogen-bond donors (Lipinski definition) is 1. The molecule has 0 aromatic carbocycles. The lowest BCUT2D eigenvalue weighted by Gasteiger charge is -2.41. The quantitative estimate of drug-likeness (QED) is 0.560. The van der Waals surface area contributed by atoms with Gasteiger partial charge in [0.25, 0.3) is 5.91 Å². The van der Waals surface area contributed by atoms with Crippen LogP contribution in [-0.4, -0.2) is 38.7 Å². The first-order valence-electron chi connectivity index (χ1n) is 12.4. The summed E-state index contributed by atoms with van der Waals surface area (Å²) in [7, 11) is 0. The standard InChI is InChI=1S/C27H34N6O/c1-17-13-32(14-18(2)20(17)4)23-10-19(3)29-26(11-23)31-27(34)25-7-5-6-24(30-25)22-12-28-33(16-22)15-21-8-9-21/h5-7,10-12,16-18,20-21H,8-9,13-15H2,1-4H3,(H,29,31,34). The Morgan fingerprint density at radius 1 is 1.09 bits per heavy atom. The number of amides is 1. The van der Waals surface area contributed by atoms with Crippen molar-refractivity contribution in [3.8, 4) is 11.3 Å². The maximum Gasteiger partial charge on any atom is 0.275 e. The molecule has 178 valence electrons. The Hall–Kier alpha value is -3.22. The fourth-order valence-corrected chi connectivity index (χ4v) is 4.83. The number of pyridine rings is 2. The minimum absolute atomic E-state index is 0.259. The molecule has 7 heteroatoms. The van der Waals surface area contributed by atoms with Crippen LogP contribution in [0.2, 0.25) is 0 Å². The molecule has 1 saturated heterocycles. The molecule has 1 aliphatic heterocycles. The maximum absolute atomic E-state index is 13.1. The summed E-state index contributed by atoms with van der Waals surface area (Å²) in [5.41, 5.74) is 4.04. The molecule has 1 amide bonds. The van der Waals surface area contributed by atoms with Crippen molar-refractivity contribution in [1.82, 2.24) is 19.7 Å². The smallest absolute Gasteiger partial charge is 0.275 e. The molecule has 34 heavy (non-hydrogen) atoms. The van der Waals surface area contributed by atoms with E-state index in [0.717, 1.165) is 48.2 Å². The third-order valence-corrected chi connectivity index (χ3v) is 7.41. The lowest BCUT2D eigenvalue weighted by Crippen LogP contribution is -2.43.